The first-order valence-corrected chi connectivity index (χ1v) is 9.19. The molecule has 0 bridgehead atoms. The Hall–Kier alpha value is -1.02. The van der Waals surface area contributed by atoms with Crippen molar-refractivity contribution in [2.45, 2.75) is 83.8 Å². The van der Waals surface area contributed by atoms with Gasteiger partial charge < -0.3 is 29.8 Å². The number of amides is 1. The van der Waals surface area contributed by atoms with Crippen molar-refractivity contribution in [3.63, 3.8) is 0 Å². The molecule has 1 heterocycles. The number of ether oxygens (including phenoxy) is 2. The lowest BCUT2D eigenvalue weighted by molar-refractivity contribution is -0.254. The largest absolute Gasteiger partial charge is 0.394 e. The van der Waals surface area contributed by atoms with Gasteiger partial charge in [0.05, 0.1) is 18.8 Å². The van der Waals surface area contributed by atoms with Gasteiger partial charge in [0, 0.05) is 25.9 Å². The van der Waals surface area contributed by atoms with Gasteiger partial charge >= 0.3 is 0 Å². The minimum atomic E-state index is -0.841. The number of unbranched alkanes of at least 4 members (excludes halogenated alkanes) is 4. The fourth-order valence-corrected chi connectivity index (χ4v) is 3.04. The Morgan fingerprint density at radius 1 is 1.12 bits per heavy atom. The van der Waals surface area contributed by atoms with Gasteiger partial charge in [-0.15, -0.1) is 0 Å². The number of hydrogen-bond acceptors (Lipinski definition) is 6. The van der Waals surface area contributed by atoms with Crippen LogP contribution in [0, 0.1) is 5.92 Å². The van der Waals surface area contributed by atoms with Crippen LogP contribution in [-0.2, 0) is 19.1 Å². The predicted octanol–water partition coefficient (Wildman–Crippen LogP) is 1.15. The third-order valence-electron chi connectivity index (χ3n) is 4.60. The lowest BCUT2D eigenvalue weighted by Gasteiger charge is -2.43. The molecule has 0 aromatic carbocycles. The Labute approximate surface area is 150 Å². The summed E-state index contributed by atoms with van der Waals surface area (Å²) in [6.07, 6.45) is 3.32. The second-order valence-corrected chi connectivity index (χ2v) is 6.89. The molecule has 3 unspecified atom stereocenters. The number of Topliss-reactive ketones (excluding diaryl/α,β-unsaturated/α-hetero) is 1. The fraction of sp³-hybridized carbons (Fsp3) is 0.889. The maximum Gasteiger partial charge on any atom is 0.217 e. The zero-order valence-corrected chi connectivity index (χ0v) is 15.6. The van der Waals surface area contributed by atoms with Gasteiger partial charge in [0.15, 0.2) is 6.29 Å². The molecule has 0 aromatic rings. The second kappa shape index (κ2) is 11.6. The molecule has 1 aliphatic rings. The number of hydrogen-bond donors (Lipinski definition) is 3. The standard InChI is InChI=1S/C18H33NO6/c1-12(21)9-7-5-4-6-8-10-24-18-16(19-14(3)22)17(23)13(2)15(11-20)25-18/h13,15-18,20,23H,4-11H2,1-3H3,(H,19,22)/t13-,15?,16?,17?,18+/m0/s1. The van der Waals surface area contributed by atoms with Gasteiger partial charge in [-0.3, -0.25) is 4.79 Å². The number of aliphatic hydroxyl groups is 2. The van der Waals surface area contributed by atoms with Crippen LogP contribution in [0.2, 0.25) is 0 Å². The first-order chi connectivity index (χ1) is 11.9. The van der Waals surface area contributed by atoms with Crippen LogP contribution in [-0.4, -0.2) is 59.7 Å². The summed E-state index contributed by atoms with van der Waals surface area (Å²) in [6.45, 7) is 5.01. The molecule has 3 N–H and O–H groups in total. The Balaban J connectivity index is 2.36. The number of aliphatic hydroxyl groups excluding tert-OH is 2. The van der Waals surface area contributed by atoms with Crippen LogP contribution in [0.1, 0.15) is 59.3 Å². The Morgan fingerprint density at radius 2 is 1.76 bits per heavy atom. The van der Waals surface area contributed by atoms with Crippen molar-refractivity contribution in [2.24, 2.45) is 5.92 Å². The van der Waals surface area contributed by atoms with Crippen LogP contribution in [0.3, 0.4) is 0 Å². The summed E-state index contributed by atoms with van der Waals surface area (Å²) >= 11 is 0. The quantitative estimate of drug-likeness (QED) is 0.478. The Bertz CT molecular complexity index is 416. The SMILES string of the molecule is CC(=O)CCCCCCCO[C@@H]1OC(CO)[C@H](C)C(O)C1NC(C)=O. The highest BCUT2D eigenvalue weighted by Gasteiger charge is 2.43. The van der Waals surface area contributed by atoms with E-state index < -0.39 is 24.5 Å². The van der Waals surface area contributed by atoms with Gasteiger partial charge in [-0.2, -0.15) is 0 Å². The smallest absolute Gasteiger partial charge is 0.217 e. The van der Waals surface area contributed by atoms with E-state index in [0.717, 1.165) is 32.1 Å². The lowest BCUT2D eigenvalue weighted by atomic mass is 9.89. The van der Waals surface area contributed by atoms with E-state index in [0.29, 0.717) is 13.0 Å². The van der Waals surface area contributed by atoms with E-state index >= 15 is 0 Å². The van der Waals surface area contributed by atoms with Crippen LogP contribution in [0.15, 0.2) is 0 Å². The van der Waals surface area contributed by atoms with Crippen LogP contribution >= 0.6 is 0 Å². The molecule has 0 aromatic heterocycles. The van der Waals surface area contributed by atoms with Gasteiger partial charge in [0.1, 0.15) is 11.8 Å². The van der Waals surface area contributed by atoms with Crippen molar-refractivity contribution >= 4 is 11.7 Å². The van der Waals surface area contributed by atoms with Crippen LogP contribution in [0.25, 0.3) is 0 Å². The topological polar surface area (TPSA) is 105 Å². The van der Waals surface area contributed by atoms with Crippen molar-refractivity contribution in [3.8, 4) is 0 Å². The fourth-order valence-electron chi connectivity index (χ4n) is 3.04. The summed E-state index contributed by atoms with van der Waals surface area (Å²) in [5.41, 5.74) is 0. The molecule has 7 nitrogen and oxygen atoms in total. The number of rotatable bonds is 11. The van der Waals surface area contributed by atoms with E-state index in [1.54, 1.807) is 13.8 Å². The third kappa shape index (κ3) is 7.81. The highest BCUT2D eigenvalue weighted by molar-refractivity contribution is 5.75. The minimum Gasteiger partial charge on any atom is -0.394 e. The minimum absolute atomic E-state index is 0.207. The molecular formula is C18H33NO6. The summed E-state index contributed by atoms with van der Waals surface area (Å²) < 4.78 is 11.4. The molecule has 1 rings (SSSR count). The molecule has 7 heteroatoms. The molecule has 5 atom stereocenters. The highest BCUT2D eigenvalue weighted by Crippen LogP contribution is 2.26. The summed E-state index contributed by atoms with van der Waals surface area (Å²) in [5.74, 6) is -0.336. The van der Waals surface area contributed by atoms with E-state index in [4.69, 9.17) is 9.47 Å². The van der Waals surface area contributed by atoms with Crippen molar-refractivity contribution in [3.05, 3.63) is 0 Å². The van der Waals surface area contributed by atoms with Crippen molar-refractivity contribution < 1.29 is 29.3 Å². The molecular weight excluding hydrogens is 326 g/mol. The third-order valence-corrected chi connectivity index (χ3v) is 4.60. The highest BCUT2D eigenvalue weighted by atomic mass is 16.7. The molecule has 0 aliphatic carbocycles. The van der Waals surface area contributed by atoms with Gasteiger partial charge in [-0.1, -0.05) is 26.2 Å². The molecule has 1 aliphatic heterocycles. The molecule has 0 saturated carbocycles. The maximum atomic E-state index is 11.4. The summed E-state index contributed by atoms with van der Waals surface area (Å²) in [6, 6.07) is -0.647. The number of carbonyl (C=O) groups excluding carboxylic acids is 2. The molecule has 1 saturated heterocycles. The van der Waals surface area contributed by atoms with Crippen molar-refractivity contribution in [1.29, 1.82) is 0 Å². The first-order valence-electron chi connectivity index (χ1n) is 9.19. The van der Waals surface area contributed by atoms with Crippen LogP contribution in [0.5, 0.6) is 0 Å². The number of ketones is 1. The van der Waals surface area contributed by atoms with E-state index in [1.807, 2.05) is 0 Å². The molecule has 0 radical (unpaired) electrons. The maximum absolute atomic E-state index is 11.4. The van der Waals surface area contributed by atoms with Crippen LogP contribution < -0.4 is 5.32 Å². The van der Waals surface area contributed by atoms with Gasteiger partial charge in [-0.05, 0) is 19.8 Å². The number of carbonyl (C=O) groups is 2. The van der Waals surface area contributed by atoms with E-state index in [1.165, 1.54) is 6.92 Å². The van der Waals surface area contributed by atoms with E-state index in [9.17, 15) is 19.8 Å². The zero-order chi connectivity index (χ0) is 18.8. The molecule has 1 fully saturated rings. The number of nitrogens with one attached hydrogen (secondary N) is 1. The zero-order valence-electron chi connectivity index (χ0n) is 15.6. The molecule has 0 spiro atoms. The van der Waals surface area contributed by atoms with Crippen LogP contribution in [0.4, 0.5) is 0 Å². The average Bonchev–Trinajstić information content (AvgIpc) is 2.55. The van der Waals surface area contributed by atoms with E-state index in [-0.39, 0.29) is 24.2 Å². The summed E-state index contributed by atoms with van der Waals surface area (Å²) in [4.78, 5) is 22.2. The molecule has 146 valence electrons. The predicted molar refractivity (Wildman–Crippen MR) is 92.9 cm³/mol. The van der Waals surface area contributed by atoms with Gasteiger partial charge in [-0.25, -0.2) is 0 Å². The summed E-state index contributed by atoms with van der Waals surface area (Å²) in [7, 11) is 0. The average molecular weight is 359 g/mol. The molecule has 25 heavy (non-hydrogen) atoms. The first kappa shape index (κ1) is 22.0. The van der Waals surface area contributed by atoms with Gasteiger partial charge in [0.25, 0.3) is 0 Å². The Morgan fingerprint density at radius 3 is 2.36 bits per heavy atom. The summed E-state index contributed by atoms with van der Waals surface area (Å²) in [5, 5.41) is 22.5. The van der Waals surface area contributed by atoms with E-state index in [2.05, 4.69) is 5.32 Å². The normalized spacial score (nSPS) is 29.4. The Kier molecular flexibility index (Phi) is 10.2. The van der Waals surface area contributed by atoms with Crippen molar-refractivity contribution in [1.82, 2.24) is 5.32 Å². The second-order valence-electron chi connectivity index (χ2n) is 6.89. The van der Waals surface area contributed by atoms with Gasteiger partial charge in [0.2, 0.25) is 5.91 Å². The molecule has 1 amide bonds. The monoisotopic (exact) mass is 359 g/mol. The van der Waals surface area contributed by atoms with Crippen molar-refractivity contribution in [2.75, 3.05) is 13.2 Å². The lowest BCUT2D eigenvalue weighted by Crippen LogP contribution is -2.61.